The summed E-state index contributed by atoms with van der Waals surface area (Å²) in [5.74, 6) is -2.35. The van der Waals surface area contributed by atoms with Gasteiger partial charge in [-0.05, 0) is 12.5 Å². The number of hydrogen-bond donors (Lipinski definition) is 8. The Bertz CT molecular complexity index is 1030. The van der Waals surface area contributed by atoms with Crippen molar-refractivity contribution < 1.29 is 74.1 Å². The Morgan fingerprint density at radius 3 is 2.19 bits per heavy atom. The molecule has 2 aliphatic heterocycles. The molecule has 1 aromatic carbocycles. The molecule has 2 saturated heterocycles. The van der Waals surface area contributed by atoms with Gasteiger partial charge in [0, 0.05) is 0 Å². The van der Waals surface area contributed by atoms with E-state index in [0.29, 0.717) is 0 Å². The number of rotatable bonds is 13. The minimum Gasteiger partial charge on any atom is -0.481 e. The van der Waals surface area contributed by atoms with E-state index in [9.17, 15) is 45.3 Å². The molecule has 15 heteroatoms. The highest BCUT2D eigenvalue weighted by Gasteiger charge is 2.51. The lowest BCUT2D eigenvalue weighted by Crippen LogP contribution is -2.64. The van der Waals surface area contributed by atoms with Crippen LogP contribution in [0.5, 0.6) is 0 Å². The van der Waals surface area contributed by atoms with Crippen molar-refractivity contribution in [1.82, 2.24) is 0 Å². The molecular weight excluding hydrogens is 564 g/mol. The molecule has 0 bridgehead atoms. The Hall–Kier alpha value is -2.54. The summed E-state index contributed by atoms with van der Waals surface area (Å²) in [5.41, 5.74) is -1.04. The van der Waals surface area contributed by atoms with Crippen LogP contribution in [0, 0.1) is 0 Å². The first-order valence-corrected chi connectivity index (χ1v) is 13.2. The third-order valence-electron chi connectivity index (χ3n) is 6.71. The Kier molecular flexibility index (Phi) is 12.3. The third-order valence-corrected chi connectivity index (χ3v) is 6.71. The van der Waals surface area contributed by atoms with Crippen molar-refractivity contribution in [1.29, 1.82) is 0 Å². The number of carbonyl (C=O) groups is 2. The highest BCUT2D eigenvalue weighted by molar-refractivity contribution is 5.73. The van der Waals surface area contributed by atoms with Crippen LogP contribution in [0.1, 0.15) is 25.3 Å². The lowest BCUT2D eigenvalue weighted by molar-refractivity contribution is -0.358. The summed E-state index contributed by atoms with van der Waals surface area (Å²) < 4.78 is 27.4. The number of esters is 1. The van der Waals surface area contributed by atoms with Gasteiger partial charge in [-0.15, -0.1) is 0 Å². The van der Waals surface area contributed by atoms with E-state index in [0.717, 1.165) is 12.5 Å². The molecule has 2 heterocycles. The van der Waals surface area contributed by atoms with Crippen molar-refractivity contribution in [2.24, 2.45) is 0 Å². The van der Waals surface area contributed by atoms with Gasteiger partial charge < -0.3 is 64.5 Å². The summed E-state index contributed by atoms with van der Waals surface area (Å²) in [4.78, 5) is 23.3. The lowest BCUT2D eigenvalue weighted by Gasteiger charge is -2.46. The summed E-state index contributed by atoms with van der Waals surface area (Å²) in [7, 11) is 0. The predicted octanol–water partition coefficient (Wildman–Crippen LogP) is -2.49. The molecule has 2 aliphatic rings. The van der Waals surface area contributed by atoms with Crippen molar-refractivity contribution in [3.05, 3.63) is 42.0 Å². The summed E-state index contributed by atoms with van der Waals surface area (Å²) >= 11 is 0. The average molecular weight is 603 g/mol. The van der Waals surface area contributed by atoms with Gasteiger partial charge in [-0.3, -0.25) is 9.59 Å². The largest absolute Gasteiger partial charge is 0.481 e. The van der Waals surface area contributed by atoms with E-state index in [1.165, 1.54) is 0 Å². The molecule has 11 atom stereocenters. The fourth-order valence-corrected chi connectivity index (χ4v) is 4.50. The molecule has 3 rings (SSSR count). The van der Waals surface area contributed by atoms with E-state index in [2.05, 4.69) is 0 Å². The molecule has 0 spiro atoms. The van der Waals surface area contributed by atoms with Gasteiger partial charge in [-0.25, -0.2) is 0 Å². The molecule has 42 heavy (non-hydrogen) atoms. The highest BCUT2D eigenvalue weighted by atomic mass is 16.7. The summed E-state index contributed by atoms with van der Waals surface area (Å²) in [5, 5.41) is 80.7. The SMILES string of the molecule is C[C@@](O)(CC(=O)O)CC(=O)OC[C@H]1O[C@@H](OCC=Cc2ccccc2)[C@@H](O)[C@@H](O)[C@H]1O[C@@H]1O[C@@H](CO)[C@@H](O)[C@@H](O)[C@H]1O. The van der Waals surface area contributed by atoms with Crippen molar-refractivity contribution in [2.75, 3.05) is 19.8 Å². The molecule has 0 unspecified atom stereocenters. The first-order valence-electron chi connectivity index (χ1n) is 13.2. The number of aliphatic carboxylic acids is 1. The molecule has 0 aliphatic carbocycles. The Balaban J connectivity index is 1.72. The highest BCUT2D eigenvalue weighted by Crippen LogP contribution is 2.30. The number of aliphatic hydroxyl groups is 7. The molecule has 2 fully saturated rings. The van der Waals surface area contributed by atoms with Crippen molar-refractivity contribution >= 4 is 18.0 Å². The second-order valence-electron chi connectivity index (χ2n) is 10.4. The van der Waals surface area contributed by atoms with Crippen LogP contribution < -0.4 is 0 Å². The number of aliphatic hydroxyl groups excluding tert-OH is 6. The van der Waals surface area contributed by atoms with Crippen LogP contribution in [0.2, 0.25) is 0 Å². The van der Waals surface area contributed by atoms with Crippen LogP contribution in [-0.2, 0) is 33.3 Å². The lowest BCUT2D eigenvalue weighted by atomic mass is 9.97. The van der Waals surface area contributed by atoms with Crippen LogP contribution in [-0.4, -0.2) is 140 Å². The number of carbonyl (C=O) groups excluding carboxylic acids is 1. The summed E-state index contributed by atoms with van der Waals surface area (Å²) in [6, 6.07) is 9.24. The molecule has 1 aromatic rings. The number of ether oxygens (including phenoxy) is 5. The first kappa shape index (κ1) is 34.0. The van der Waals surface area contributed by atoms with E-state index in [4.69, 9.17) is 28.8 Å². The maximum absolute atomic E-state index is 12.4. The maximum atomic E-state index is 12.4. The second kappa shape index (κ2) is 15.3. The zero-order chi connectivity index (χ0) is 31.0. The molecule has 8 N–H and O–H groups in total. The summed E-state index contributed by atoms with van der Waals surface area (Å²) in [6.45, 7) is -0.321. The van der Waals surface area contributed by atoms with Crippen molar-refractivity contribution in [3.8, 4) is 0 Å². The molecule has 0 saturated carbocycles. The number of hydrogen-bond acceptors (Lipinski definition) is 14. The minimum absolute atomic E-state index is 0.0634. The quantitative estimate of drug-likeness (QED) is 0.109. The van der Waals surface area contributed by atoms with Crippen LogP contribution >= 0.6 is 0 Å². The van der Waals surface area contributed by atoms with Crippen LogP contribution in [0.25, 0.3) is 6.08 Å². The average Bonchev–Trinajstić information content (AvgIpc) is 2.93. The van der Waals surface area contributed by atoms with Crippen molar-refractivity contribution in [3.63, 3.8) is 0 Å². The third kappa shape index (κ3) is 9.23. The molecule has 15 nitrogen and oxygen atoms in total. The van der Waals surface area contributed by atoms with Gasteiger partial charge in [-0.2, -0.15) is 0 Å². The Morgan fingerprint density at radius 1 is 0.905 bits per heavy atom. The smallest absolute Gasteiger partial charge is 0.308 e. The zero-order valence-corrected chi connectivity index (χ0v) is 22.8. The molecule has 0 amide bonds. The minimum atomic E-state index is -1.92. The van der Waals surface area contributed by atoms with E-state index in [1.54, 1.807) is 12.2 Å². The van der Waals surface area contributed by atoms with Gasteiger partial charge in [0.1, 0.15) is 55.4 Å². The first-order chi connectivity index (χ1) is 19.8. The number of benzene rings is 1. The molecular formula is C27H38O15. The number of carboxylic acids is 1. The van der Waals surface area contributed by atoms with Gasteiger partial charge >= 0.3 is 11.9 Å². The van der Waals surface area contributed by atoms with Gasteiger partial charge in [0.15, 0.2) is 12.6 Å². The van der Waals surface area contributed by atoms with E-state index in [1.807, 2.05) is 30.3 Å². The van der Waals surface area contributed by atoms with E-state index >= 15 is 0 Å². The van der Waals surface area contributed by atoms with E-state index < -0.39 is 105 Å². The zero-order valence-electron chi connectivity index (χ0n) is 22.8. The van der Waals surface area contributed by atoms with Crippen LogP contribution in [0.3, 0.4) is 0 Å². The fraction of sp³-hybridized carbons (Fsp3) is 0.630. The normalized spacial score (nSPS) is 35.0. The molecule has 0 radical (unpaired) electrons. The van der Waals surface area contributed by atoms with Crippen LogP contribution in [0.4, 0.5) is 0 Å². The topological polar surface area (TPSA) is 242 Å². The monoisotopic (exact) mass is 602 g/mol. The fourth-order valence-electron chi connectivity index (χ4n) is 4.50. The molecule has 236 valence electrons. The number of carboxylic acid groups (broad SMARTS) is 1. The van der Waals surface area contributed by atoms with Gasteiger partial charge in [-0.1, -0.05) is 42.5 Å². The Labute approximate surface area is 241 Å². The van der Waals surface area contributed by atoms with E-state index in [-0.39, 0.29) is 6.61 Å². The molecule has 0 aromatic heterocycles. The Morgan fingerprint density at radius 2 is 1.55 bits per heavy atom. The maximum Gasteiger partial charge on any atom is 0.308 e. The van der Waals surface area contributed by atoms with Crippen LogP contribution in [0.15, 0.2) is 36.4 Å². The summed E-state index contributed by atoms with van der Waals surface area (Å²) in [6.07, 6.45) is -14.3. The predicted molar refractivity (Wildman–Crippen MR) is 139 cm³/mol. The van der Waals surface area contributed by atoms with Crippen molar-refractivity contribution in [2.45, 2.75) is 86.8 Å². The van der Waals surface area contributed by atoms with Gasteiger partial charge in [0.05, 0.1) is 31.7 Å². The van der Waals surface area contributed by atoms with Gasteiger partial charge in [0.25, 0.3) is 0 Å². The second-order valence-corrected chi connectivity index (χ2v) is 10.4. The van der Waals surface area contributed by atoms with Gasteiger partial charge in [0.2, 0.25) is 0 Å². The standard InChI is InChI=1S/C27H38O15/c1-27(37,10-17(29)30)11-18(31)39-13-16-24(42-26-22(35)20(33)19(32)15(12-28)40-26)21(34)23(36)25(41-16)38-9-5-8-14-6-3-2-4-7-14/h2-8,15-16,19-26,28,32-37H,9-13H2,1H3,(H,29,30)/t15-,16+,19+,20+,21+,22+,23-,24-,25+,26-,27+/m0/s1.